The topological polar surface area (TPSA) is 59.6 Å². The van der Waals surface area contributed by atoms with Crippen LogP contribution in [0, 0.1) is 0 Å². The van der Waals surface area contributed by atoms with Gasteiger partial charge in [-0.25, -0.2) is 0 Å². The third-order valence-electron chi connectivity index (χ3n) is 3.90. The van der Waals surface area contributed by atoms with E-state index in [-0.39, 0.29) is 17.1 Å². The van der Waals surface area contributed by atoms with Crippen molar-refractivity contribution in [2.45, 2.75) is 39.7 Å². The average molecular weight is 465 g/mol. The third kappa shape index (κ3) is 6.80. The van der Waals surface area contributed by atoms with Crippen molar-refractivity contribution in [2.75, 3.05) is 11.9 Å². The van der Waals surface area contributed by atoms with Gasteiger partial charge in [0.15, 0.2) is 5.11 Å². The van der Waals surface area contributed by atoms with Crippen molar-refractivity contribution in [1.82, 2.24) is 5.32 Å². The van der Waals surface area contributed by atoms with Crippen molar-refractivity contribution in [2.24, 2.45) is 0 Å². The molecule has 28 heavy (non-hydrogen) atoms. The number of rotatable bonds is 8. The van der Waals surface area contributed by atoms with E-state index in [2.05, 4.69) is 33.5 Å². The van der Waals surface area contributed by atoms with Crippen LogP contribution < -0.4 is 20.1 Å². The van der Waals surface area contributed by atoms with Gasteiger partial charge in [0.05, 0.1) is 18.3 Å². The Kier molecular flexibility index (Phi) is 8.73. The van der Waals surface area contributed by atoms with E-state index in [0.717, 1.165) is 28.8 Å². The lowest BCUT2D eigenvalue weighted by atomic mass is 10.2. The molecule has 2 aromatic carbocycles. The number of nitrogens with one attached hydrogen (secondary N) is 2. The van der Waals surface area contributed by atoms with E-state index >= 15 is 0 Å². The molecule has 1 unspecified atom stereocenters. The van der Waals surface area contributed by atoms with Crippen LogP contribution in [0.25, 0.3) is 0 Å². The van der Waals surface area contributed by atoms with Gasteiger partial charge in [0.2, 0.25) is 0 Å². The van der Waals surface area contributed by atoms with E-state index in [0.29, 0.717) is 17.9 Å². The van der Waals surface area contributed by atoms with Crippen LogP contribution in [0.3, 0.4) is 0 Å². The second kappa shape index (κ2) is 11.0. The summed E-state index contributed by atoms with van der Waals surface area (Å²) in [5, 5.41) is 5.91. The Bertz CT molecular complexity index is 812. The van der Waals surface area contributed by atoms with E-state index < -0.39 is 0 Å². The first kappa shape index (κ1) is 22.2. The molecule has 2 N–H and O–H groups in total. The normalized spacial score (nSPS) is 11.4. The number of benzene rings is 2. The number of hydrogen-bond donors (Lipinski definition) is 2. The highest BCUT2D eigenvalue weighted by atomic mass is 79.9. The molecule has 1 amide bonds. The number of hydrogen-bond acceptors (Lipinski definition) is 4. The first-order chi connectivity index (χ1) is 13.4. The number of anilines is 1. The molecule has 0 aromatic heterocycles. The van der Waals surface area contributed by atoms with Crippen LogP contribution >= 0.6 is 28.1 Å². The molecular weight excluding hydrogens is 440 g/mol. The fourth-order valence-corrected chi connectivity index (χ4v) is 2.85. The predicted molar refractivity (Wildman–Crippen MR) is 120 cm³/mol. The molecule has 7 heteroatoms. The molecule has 0 heterocycles. The van der Waals surface area contributed by atoms with Gasteiger partial charge in [0.25, 0.3) is 5.91 Å². The van der Waals surface area contributed by atoms with Crippen molar-refractivity contribution in [3.63, 3.8) is 0 Å². The van der Waals surface area contributed by atoms with E-state index in [1.54, 1.807) is 12.1 Å². The Morgan fingerprint density at radius 2 is 1.89 bits per heavy atom. The Labute approximate surface area is 179 Å². The molecule has 0 spiro atoms. The van der Waals surface area contributed by atoms with Crippen LogP contribution in [0.15, 0.2) is 46.9 Å². The fraction of sp³-hybridized carbons (Fsp3) is 0.333. The van der Waals surface area contributed by atoms with Crippen LogP contribution in [-0.2, 0) is 0 Å². The summed E-state index contributed by atoms with van der Waals surface area (Å²) in [6, 6.07) is 12.7. The molecule has 5 nitrogen and oxygen atoms in total. The zero-order chi connectivity index (χ0) is 20.5. The number of carbonyl (C=O) groups excluding carboxylic acids is 1. The number of ether oxygens (including phenoxy) is 2. The summed E-state index contributed by atoms with van der Waals surface area (Å²) < 4.78 is 12.2. The van der Waals surface area contributed by atoms with Crippen LogP contribution in [0.4, 0.5) is 5.69 Å². The van der Waals surface area contributed by atoms with Gasteiger partial charge in [0.1, 0.15) is 11.5 Å². The Balaban J connectivity index is 1.99. The SMILES string of the molecule is CCCOc1ccc(Br)cc1C(=O)NC(=S)Nc1ccc(OC(C)CC)cc1. The fourth-order valence-electron chi connectivity index (χ4n) is 2.28. The van der Waals surface area contributed by atoms with Crippen LogP contribution in [0.5, 0.6) is 11.5 Å². The minimum Gasteiger partial charge on any atom is -0.493 e. The molecule has 0 fully saturated rings. The highest BCUT2D eigenvalue weighted by Gasteiger charge is 2.15. The second-order valence-corrected chi connectivity index (χ2v) is 7.58. The van der Waals surface area contributed by atoms with Gasteiger partial charge < -0.3 is 14.8 Å². The number of carbonyl (C=O) groups is 1. The molecule has 2 rings (SSSR count). The number of halogens is 1. The molecule has 0 saturated carbocycles. The highest BCUT2D eigenvalue weighted by Crippen LogP contribution is 2.23. The van der Waals surface area contributed by atoms with E-state index in [9.17, 15) is 4.79 Å². The molecular formula is C21H25BrN2O3S. The van der Waals surface area contributed by atoms with Crippen molar-refractivity contribution in [3.05, 3.63) is 52.5 Å². The summed E-state index contributed by atoms with van der Waals surface area (Å²) in [5.74, 6) is 0.986. The molecule has 150 valence electrons. The average Bonchev–Trinajstić information content (AvgIpc) is 2.68. The zero-order valence-corrected chi connectivity index (χ0v) is 18.7. The molecule has 0 aliphatic rings. The highest BCUT2D eigenvalue weighted by molar-refractivity contribution is 9.10. The molecule has 0 bridgehead atoms. The van der Waals surface area contributed by atoms with Gasteiger partial charge in [-0.3, -0.25) is 10.1 Å². The first-order valence-electron chi connectivity index (χ1n) is 9.24. The smallest absolute Gasteiger partial charge is 0.261 e. The predicted octanol–water partition coefficient (Wildman–Crippen LogP) is 5.54. The lowest BCUT2D eigenvalue weighted by Gasteiger charge is -2.14. The van der Waals surface area contributed by atoms with Crippen LogP contribution in [0.1, 0.15) is 44.0 Å². The monoisotopic (exact) mass is 464 g/mol. The summed E-state index contributed by atoms with van der Waals surface area (Å²) in [7, 11) is 0. The summed E-state index contributed by atoms with van der Waals surface area (Å²) in [6.45, 7) is 6.65. The summed E-state index contributed by atoms with van der Waals surface area (Å²) in [5.41, 5.74) is 1.18. The summed E-state index contributed by atoms with van der Waals surface area (Å²) in [4.78, 5) is 12.6. The van der Waals surface area contributed by atoms with Gasteiger partial charge in [0, 0.05) is 10.2 Å². The largest absolute Gasteiger partial charge is 0.493 e. The Morgan fingerprint density at radius 3 is 2.54 bits per heavy atom. The van der Waals surface area contributed by atoms with E-state index in [4.69, 9.17) is 21.7 Å². The molecule has 0 aliphatic carbocycles. The van der Waals surface area contributed by atoms with Crippen molar-refractivity contribution < 1.29 is 14.3 Å². The van der Waals surface area contributed by atoms with Gasteiger partial charge in [-0.15, -0.1) is 0 Å². The standard InChI is InChI=1S/C21H25BrN2O3S/c1-4-12-26-19-11-6-15(22)13-18(19)20(25)24-21(28)23-16-7-9-17(10-8-16)27-14(3)5-2/h6-11,13-14H,4-5,12H2,1-3H3,(H2,23,24,25,28). The maximum absolute atomic E-state index is 12.6. The van der Waals surface area contributed by atoms with Crippen molar-refractivity contribution >= 4 is 44.9 Å². The van der Waals surface area contributed by atoms with Crippen LogP contribution in [0.2, 0.25) is 0 Å². The minimum atomic E-state index is -0.332. The van der Waals surface area contributed by atoms with Gasteiger partial charge in [-0.1, -0.05) is 29.8 Å². The third-order valence-corrected chi connectivity index (χ3v) is 4.60. The number of thiocarbonyl (C=S) groups is 1. The van der Waals surface area contributed by atoms with Gasteiger partial charge in [-0.05, 0) is 74.4 Å². The minimum absolute atomic E-state index is 0.161. The molecule has 1 atom stereocenters. The number of amides is 1. The molecule has 0 aliphatic heterocycles. The summed E-state index contributed by atoms with van der Waals surface area (Å²) >= 11 is 8.66. The Hall–Kier alpha value is -2.12. The maximum atomic E-state index is 12.6. The zero-order valence-electron chi connectivity index (χ0n) is 16.3. The van der Waals surface area contributed by atoms with Crippen molar-refractivity contribution in [1.29, 1.82) is 0 Å². The first-order valence-corrected chi connectivity index (χ1v) is 10.4. The quantitative estimate of drug-likeness (QED) is 0.502. The van der Waals surface area contributed by atoms with Crippen LogP contribution in [-0.4, -0.2) is 23.7 Å². The van der Waals surface area contributed by atoms with E-state index in [1.165, 1.54) is 0 Å². The lowest BCUT2D eigenvalue weighted by molar-refractivity contribution is 0.0973. The summed E-state index contributed by atoms with van der Waals surface area (Å²) in [6.07, 6.45) is 1.96. The van der Waals surface area contributed by atoms with Gasteiger partial charge >= 0.3 is 0 Å². The second-order valence-electron chi connectivity index (χ2n) is 6.26. The van der Waals surface area contributed by atoms with E-state index in [1.807, 2.05) is 44.2 Å². The Morgan fingerprint density at radius 1 is 1.18 bits per heavy atom. The molecule has 2 aromatic rings. The van der Waals surface area contributed by atoms with Crippen molar-refractivity contribution in [3.8, 4) is 11.5 Å². The molecule has 0 radical (unpaired) electrons. The molecule has 0 saturated heterocycles. The maximum Gasteiger partial charge on any atom is 0.261 e. The lowest BCUT2D eigenvalue weighted by Crippen LogP contribution is -2.34. The van der Waals surface area contributed by atoms with Gasteiger partial charge in [-0.2, -0.15) is 0 Å².